The molecule has 0 saturated heterocycles. The molecule has 1 rings (SSSR count). The summed E-state index contributed by atoms with van der Waals surface area (Å²) in [5.74, 6) is 0. The first kappa shape index (κ1) is 9.92. The number of aryl methyl sites for hydroxylation is 1. The second-order valence-corrected chi connectivity index (χ2v) is 3.25. The summed E-state index contributed by atoms with van der Waals surface area (Å²) in [4.78, 5) is 16.9. The van der Waals surface area contributed by atoms with Gasteiger partial charge in [-0.05, 0) is 33.1 Å². The van der Waals surface area contributed by atoms with E-state index in [2.05, 4.69) is 9.88 Å². The number of nitrogens with zero attached hydrogens (tertiary/aromatic N) is 3. The zero-order chi connectivity index (χ0) is 9.68. The molecule has 0 amide bonds. The topological polar surface area (TPSA) is 38.1 Å². The van der Waals surface area contributed by atoms with Gasteiger partial charge in [-0.15, -0.1) is 0 Å². The molecular formula is C9H15N3O. The molecule has 4 nitrogen and oxygen atoms in total. The van der Waals surface area contributed by atoms with E-state index in [0.717, 1.165) is 19.5 Å². The van der Waals surface area contributed by atoms with Crippen molar-refractivity contribution in [2.75, 3.05) is 20.6 Å². The number of rotatable bonds is 4. The van der Waals surface area contributed by atoms with Gasteiger partial charge in [0.05, 0.1) is 0 Å². The van der Waals surface area contributed by atoms with Gasteiger partial charge in [0.2, 0.25) is 0 Å². The normalized spacial score (nSPS) is 10.7. The fraction of sp³-hybridized carbons (Fsp3) is 0.556. The van der Waals surface area contributed by atoms with E-state index < -0.39 is 0 Å². The molecule has 0 bridgehead atoms. The second kappa shape index (κ2) is 4.77. The highest BCUT2D eigenvalue weighted by Gasteiger charge is 1.95. The lowest BCUT2D eigenvalue weighted by Gasteiger charge is -2.09. The molecule has 1 aromatic heterocycles. The predicted octanol–water partition coefficient (Wildman–Crippen LogP) is 0.195. The molecule has 1 aromatic rings. The van der Waals surface area contributed by atoms with E-state index in [1.807, 2.05) is 14.1 Å². The molecule has 0 spiro atoms. The third kappa shape index (κ3) is 3.38. The van der Waals surface area contributed by atoms with Crippen LogP contribution in [0.1, 0.15) is 6.42 Å². The van der Waals surface area contributed by atoms with Gasteiger partial charge in [-0.25, -0.2) is 9.78 Å². The van der Waals surface area contributed by atoms with Gasteiger partial charge >= 0.3 is 5.69 Å². The van der Waals surface area contributed by atoms with Crippen molar-refractivity contribution in [2.45, 2.75) is 13.0 Å². The van der Waals surface area contributed by atoms with Crippen molar-refractivity contribution in [1.82, 2.24) is 14.5 Å². The molecule has 0 N–H and O–H groups in total. The lowest BCUT2D eigenvalue weighted by molar-refractivity contribution is 0.384. The van der Waals surface area contributed by atoms with Gasteiger partial charge in [-0.1, -0.05) is 0 Å². The first-order chi connectivity index (χ1) is 6.20. The molecule has 0 aliphatic rings. The van der Waals surface area contributed by atoms with Crippen molar-refractivity contribution in [1.29, 1.82) is 0 Å². The van der Waals surface area contributed by atoms with E-state index in [9.17, 15) is 4.79 Å². The Kier molecular flexibility index (Phi) is 3.64. The van der Waals surface area contributed by atoms with E-state index in [0.29, 0.717) is 0 Å². The van der Waals surface area contributed by atoms with Crippen molar-refractivity contribution < 1.29 is 0 Å². The average molecular weight is 181 g/mol. The van der Waals surface area contributed by atoms with Crippen LogP contribution in [0, 0.1) is 0 Å². The minimum atomic E-state index is -0.166. The lowest BCUT2D eigenvalue weighted by Crippen LogP contribution is -2.23. The Bertz CT molecular complexity index is 306. The van der Waals surface area contributed by atoms with Crippen LogP contribution in [0.3, 0.4) is 0 Å². The monoisotopic (exact) mass is 181 g/mol. The summed E-state index contributed by atoms with van der Waals surface area (Å²) in [6.07, 6.45) is 4.26. The SMILES string of the molecule is CN(C)CCCn1cccnc1=O. The first-order valence-corrected chi connectivity index (χ1v) is 4.36. The van der Waals surface area contributed by atoms with E-state index in [1.165, 1.54) is 6.20 Å². The molecule has 0 aliphatic carbocycles. The number of hydrogen-bond donors (Lipinski definition) is 0. The summed E-state index contributed by atoms with van der Waals surface area (Å²) < 4.78 is 1.63. The van der Waals surface area contributed by atoms with Gasteiger partial charge in [0, 0.05) is 18.9 Å². The summed E-state index contributed by atoms with van der Waals surface area (Å²) in [6, 6.07) is 1.77. The molecule has 0 radical (unpaired) electrons. The van der Waals surface area contributed by atoms with Crippen LogP contribution in [0.15, 0.2) is 23.3 Å². The maximum Gasteiger partial charge on any atom is 0.347 e. The molecule has 72 valence electrons. The van der Waals surface area contributed by atoms with Crippen LogP contribution in [-0.2, 0) is 6.54 Å². The van der Waals surface area contributed by atoms with Crippen molar-refractivity contribution in [2.24, 2.45) is 0 Å². The summed E-state index contributed by atoms with van der Waals surface area (Å²) in [5, 5.41) is 0. The summed E-state index contributed by atoms with van der Waals surface area (Å²) >= 11 is 0. The van der Waals surface area contributed by atoms with Crippen LogP contribution in [0.5, 0.6) is 0 Å². The van der Waals surface area contributed by atoms with Gasteiger partial charge in [-0.2, -0.15) is 0 Å². The van der Waals surface area contributed by atoms with Crippen LogP contribution in [0.4, 0.5) is 0 Å². The molecule has 13 heavy (non-hydrogen) atoms. The van der Waals surface area contributed by atoms with Gasteiger partial charge in [0.15, 0.2) is 0 Å². The van der Waals surface area contributed by atoms with Crippen LogP contribution in [0.25, 0.3) is 0 Å². The molecule has 0 unspecified atom stereocenters. The van der Waals surface area contributed by atoms with Gasteiger partial charge < -0.3 is 4.90 Å². The maximum atomic E-state index is 11.1. The molecule has 0 aliphatic heterocycles. The molecule has 0 fully saturated rings. The van der Waals surface area contributed by atoms with Crippen molar-refractivity contribution in [3.8, 4) is 0 Å². The summed E-state index contributed by atoms with van der Waals surface area (Å²) in [5.41, 5.74) is -0.166. The third-order valence-corrected chi connectivity index (χ3v) is 1.79. The Morgan fingerprint density at radius 1 is 1.54 bits per heavy atom. The highest BCUT2D eigenvalue weighted by Crippen LogP contribution is 1.87. The van der Waals surface area contributed by atoms with Crippen molar-refractivity contribution in [3.63, 3.8) is 0 Å². The van der Waals surface area contributed by atoms with Gasteiger partial charge in [0.1, 0.15) is 0 Å². The molecule has 4 heteroatoms. The fourth-order valence-electron chi connectivity index (χ4n) is 1.11. The zero-order valence-corrected chi connectivity index (χ0v) is 8.10. The van der Waals surface area contributed by atoms with Crippen molar-refractivity contribution >= 4 is 0 Å². The standard InChI is InChI=1S/C9H15N3O/c1-11(2)6-4-8-12-7-3-5-10-9(12)13/h3,5,7H,4,6,8H2,1-2H3. The average Bonchev–Trinajstić information content (AvgIpc) is 2.08. The van der Waals surface area contributed by atoms with E-state index >= 15 is 0 Å². The number of aromatic nitrogens is 2. The Labute approximate surface area is 77.8 Å². The molecule has 0 atom stereocenters. The summed E-state index contributed by atoms with van der Waals surface area (Å²) in [7, 11) is 4.04. The Hall–Kier alpha value is -1.16. The van der Waals surface area contributed by atoms with E-state index in [1.54, 1.807) is 16.8 Å². The quantitative estimate of drug-likeness (QED) is 0.665. The Morgan fingerprint density at radius 2 is 2.31 bits per heavy atom. The van der Waals surface area contributed by atoms with Crippen LogP contribution < -0.4 is 5.69 Å². The van der Waals surface area contributed by atoms with Gasteiger partial charge in [-0.3, -0.25) is 4.57 Å². The van der Waals surface area contributed by atoms with Gasteiger partial charge in [0.25, 0.3) is 0 Å². The van der Waals surface area contributed by atoms with Crippen LogP contribution in [0.2, 0.25) is 0 Å². The fourth-order valence-corrected chi connectivity index (χ4v) is 1.11. The Morgan fingerprint density at radius 3 is 2.92 bits per heavy atom. The van der Waals surface area contributed by atoms with Crippen LogP contribution in [-0.4, -0.2) is 35.1 Å². The highest BCUT2D eigenvalue weighted by atomic mass is 16.1. The van der Waals surface area contributed by atoms with Crippen LogP contribution >= 0.6 is 0 Å². The Balaban J connectivity index is 2.46. The lowest BCUT2D eigenvalue weighted by atomic mass is 10.4. The minimum Gasteiger partial charge on any atom is -0.309 e. The zero-order valence-electron chi connectivity index (χ0n) is 8.10. The largest absolute Gasteiger partial charge is 0.347 e. The number of hydrogen-bond acceptors (Lipinski definition) is 3. The molecular weight excluding hydrogens is 166 g/mol. The third-order valence-electron chi connectivity index (χ3n) is 1.79. The molecule has 1 heterocycles. The van der Waals surface area contributed by atoms with Crippen molar-refractivity contribution in [3.05, 3.63) is 28.9 Å². The minimum absolute atomic E-state index is 0.166. The summed E-state index contributed by atoms with van der Waals surface area (Å²) in [6.45, 7) is 1.73. The van der Waals surface area contributed by atoms with E-state index in [4.69, 9.17) is 0 Å². The maximum absolute atomic E-state index is 11.1. The van der Waals surface area contributed by atoms with E-state index in [-0.39, 0.29) is 5.69 Å². The highest BCUT2D eigenvalue weighted by molar-refractivity contribution is 4.80. The predicted molar refractivity (Wildman–Crippen MR) is 51.7 cm³/mol. The smallest absolute Gasteiger partial charge is 0.309 e. The second-order valence-electron chi connectivity index (χ2n) is 3.25. The molecule has 0 saturated carbocycles. The first-order valence-electron chi connectivity index (χ1n) is 4.36. The molecule has 0 aromatic carbocycles.